The average Bonchev–Trinajstić information content (AvgIpc) is 2.80. The maximum absolute atomic E-state index is 3.50. The van der Waals surface area contributed by atoms with Crippen molar-refractivity contribution in [3.8, 4) is 0 Å². The van der Waals surface area contributed by atoms with Gasteiger partial charge in [0.1, 0.15) is 0 Å². The summed E-state index contributed by atoms with van der Waals surface area (Å²) in [6, 6.07) is 9.32. The van der Waals surface area contributed by atoms with Crippen molar-refractivity contribution in [2.45, 2.75) is 39.3 Å². The van der Waals surface area contributed by atoms with E-state index in [-0.39, 0.29) is 0 Å². The zero-order valence-electron chi connectivity index (χ0n) is 10.4. The fourth-order valence-electron chi connectivity index (χ4n) is 2.24. The lowest BCUT2D eigenvalue weighted by molar-refractivity contribution is 0.588. The van der Waals surface area contributed by atoms with E-state index >= 15 is 0 Å². The van der Waals surface area contributed by atoms with E-state index in [0.717, 1.165) is 6.54 Å². The van der Waals surface area contributed by atoms with Crippen LogP contribution in [0.3, 0.4) is 0 Å². The van der Waals surface area contributed by atoms with Gasteiger partial charge in [0.05, 0.1) is 0 Å². The Hall–Kier alpha value is -1.02. The summed E-state index contributed by atoms with van der Waals surface area (Å²) in [6.07, 6.45) is 2.68. The molecule has 1 heterocycles. The van der Waals surface area contributed by atoms with Crippen LogP contribution in [0, 0.1) is 0 Å². The number of hydrogen-bond donors (Lipinski definition) is 1. The Balaban J connectivity index is 2.10. The molecule has 0 aromatic heterocycles. The molecule has 16 heavy (non-hydrogen) atoms. The SMILES string of the molecule is CC(C)NCc1ccccc1N1CCCC1. The third-order valence-corrected chi connectivity index (χ3v) is 3.14. The van der Waals surface area contributed by atoms with Gasteiger partial charge in [0.15, 0.2) is 0 Å². The van der Waals surface area contributed by atoms with Crippen molar-refractivity contribution in [2.24, 2.45) is 0 Å². The molecule has 88 valence electrons. The van der Waals surface area contributed by atoms with Crippen molar-refractivity contribution < 1.29 is 0 Å². The molecule has 2 nitrogen and oxygen atoms in total. The quantitative estimate of drug-likeness (QED) is 0.836. The van der Waals surface area contributed by atoms with Crippen molar-refractivity contribution in [3.63, 3.8) is 0 Å². The Bertz CT molecular complexity index is 327. The third kappa shape index (κ3) is 2.76. The number of anilines is 1. The molecular formula is C14H22N2. The van der Waals surface area contributed by atoms with E-state index in [1.807, 2.05) is 0 Å². The monoisotopic (exact) mass is 218 g/mol. The largest absolute Gasteiger partial charge is 0.371 e. The Morgan fingerprint density at radius 2 is 1.88 bits per heavy atom. The molecule has 0 saturated carbocycles. The topological polar surface area (TPSA) is 15.3 Å². The van der Waals surface area contributed by atoms with Gasteiger partial charge in [-0.3, -0.25) is 0 Å². The predicted molar refractivity (Wildman–Crippen MR) is 69.9 cm³/mol. The van der Waals surface area contributed by atoms with E-state index in [9.17, 15) is 0 Å². The number of para-hydroxylation sites is 1. The smallest absolute Gasteiger partial charge is 0.0411 e. The first-order valence-electron chi connectivity index (χ1n) is 6.33. The van der Waals surface area contributed by atoms with Gasteiger partial charge in [0.2, 0.25) is 0 Å². The van der Waals surface area contributed by atoms with Crippen LogP contribution in [0.2, 0.25) is 0 Å². The van der Waals surface area contributed by atoms with Crippen LogP contribution in [0.25, 0.3) is 0 Å². The molecule has 1 aliphatic rings. The lowest BCUT2D eigenvalue weighted by Crippen LogP contribution is -2.25. The zero-order valence-corrected chi connectivity index (χ0v) is 10.4. The van der Waals surface area contributed by atoms with E-state index in [1.165, 1.54) is 37.2 Å². The fourth-order valence-corrected chi connectivity index (χ4v) is 2.24. The highest BCUT2D eigenvalue weighted by Crippen LogP contribution is 2.24. The molecule has 1 fully saturated rings. The normalized spacial score (nSPS) is 16.1. The summed E-state index contributed by atoms with van der Waals surface area (Å²) in [4.78, 5) is 2.51. The fraction of sp³-hybridized carbons (Fsp3) is 0.571. The Morgan fingerprint density at radius 1 is 1.19 bits per heavy atom. The highest BCUT2D eigenvalue weighted by atomic mass is 15.1. The average molecular weight is 218 g/mol. The van der Waals surface area contributed by atoms with Crippen LogP contribution in [0.5, 0.6) is 0 Å². The van der Waals surface area contributed by atoms with Crippen molar-refractivity contribution in [1.29, 1.82) is 0 Å². The Labute approximate surface area is 98.7 Å². The second kappa shape index (κ2) is 5.35. The van der Waals surface area contributed by atoms with Gasteiger partial charge in [-0.25, -0.2) is 0 Å². The van der Waals surface area contributed by atoms with Crippen LogP contribution in [-0.4, -0.2) is 19.1 Å². The maximum Gasteiger partial charge on any atom is 0.0411 e. The van der Waals surface area contributed by atoms with Gasteiger partial charge in [0.25, 0.3) is 0 Å². The molecule has 1 aromatic rings. The highest BCUT2D eigenvalue weighted by Gasteiger charge is 2.14. The predicted octanol–water partition coefficient (Wildman–Crippen LogP) is 2.78. The van der Waals surface area contributed by atoms with Gasteiger partial charge in [-0.2, -0.15) is 0 Å². The Morgan fingerprint density at radius 3 is 2.56 bits per heavy atom. The van der Waals surface area contributed by atoms with Crippen LogP contribution in [0.15, 0.2) is 24.3 Å². The molecule has 0 aliphatic carbocycles. The van der Waals surface area contributed by atoms with E-state index in [0.29, 0.717) is 6.04 Å². The van der Waals surface area contributed by atoms with Gasteiger partial charge in [-0.05, 0) is 24.5 Å². The number of nitrogens with one attached hydrogen (secondary N) is 1. The van der Waals surface area contributed by atoms with E-state index in [1.54, 1.807) is 0 Å². The minimum absolute atomic E-state index is 0.548. The van der Waals surface area contributed by atoms with E-state index in [4.69, 9.17) is 0 Å². The molecule has 2 heteroatoms. The first-order chi connectivity index (χ1) is 7.77. The summed E-state index contributed by atoms with van der Waals surface area (Å²) >= 11 is 0. The summed E-state index contributed by atoms with van der Waals surface area (Å²) in [6.45, 7) is 7.80. The summed E-state index contributed by atoms with van der Waals surface area (Å²) in [5.41, 5.74) is 2.85. The van der Waals surface area contributed by atoms with Gasteiger partial charge >= 0.3 is 0 Å². The third-order valence-electron chi connectivity index (χ3n) is 3.14. The second-order valence-corrected chi connectivity index (χ2v) is 4.86. The molecule has 0 bridgehead atoms. The molecule has 1 aliphatic heterocycles. The highest BCUT2D eigenvalue weighted by molar-refractivity contribution is 5.54. The van der Waals surface area contributed by atoms with Gasteiger partial charge in [-0.15, -0.1) is 0 Å². The second-order valence-electron chi connectivity index (χ2n) is 4.86. The zero-order chi connectivity index (χ0) is 11.4. The molecular weight excluding hydrogens is 196 g/mol. The van der Waals surface area contributed by atoms with Gasteiger partial charge < -0.3 is 10.2 Å². The molecule has 0 spiro atoms. The minimum atomic E-state index is 0.548. The Kier molecular flexibility index (Phi) is 3.83. The van der Waals surface area contributed by atoms with Gasteiger partial charge in [0, 0.05) is 31.4 Å². The lowest BCUT2D eigenvalue weighted by atomic mass is 10.1. The van der Waals surface area contributed by atoms with Crippen LogP contribution >= 0.6 is 0 Å². The van der Waals surface area contributed by atoms with E-state index in [2.05, 4.69) is 48.3 Å². The number of nitrogens with zero attached hydrogens (tertiary/aromatic N) is 1. The van der Waals surface area contributed by atoms with Crippen LogP contribution in [-0.2, 0) is 6.54 Å². The van der Waals surface area contributed by atoms with Crippen LogP contribution < -0.4 is 10.2 Å². The van der Waals surface area contributed by atoms with Crippen molar-refractivity contribution in [1.82, 2.24) is 5.32 Å². The first kappa shape index (κ1) is 11.5. The lowest BCUT2D eigenvalue weighted by Gasteiger charge is -2.22. The van der Waals surface area contributed by atoms with Crippen molar-refractivity contribution in [2.75, 3.05) is 18.0 Å². The number of rotatable bonds is 4. The standard InChI is InChI=1S/C14H22N2/c1-12(2)15-11-13-7-3-4-8-14(13)16-9-5-6-10-16/h3-4,7-8,12,15H,5-6,9-11H2,1-2H3. The first-order valence-corrected chi connectivity index (χ1v) is 6.33. The molecule has 1 aromatic carbocycles. The van der Waals surface area contributed by atoms with Crippen LogP contribution in [0.4, 0.5) is 5.69 Å². The number of hydrogen-bond acceptors (Lipinski definition) is 2. The van der Waals surface area contributed by atoms with E-state index < -0.39 is 0 Å². The molecule has 0 unspecified atom stereocenters. The molecule has 1 N–H and O–H groups in total. The summed E-state index contributed by atoms with van der Waals surface area (Å²) in [5.74, 6) is 0. The number of benzene rings is 1. The van der Waals surface area contributed by atoms with Crippen LogP contribution in [0.1, 0.15) is 32.3 Å². The van der Waals surface area contributed by atoms with Crippen molar-refractivity contribution in [3.05, 3.63) is 29.8 Å². The summed E-state index contributed by atoms with van der Waals surface area (Å²) < 4.78 is 0. The van der Waals surface area contributed by atoms with Gasteiger partial charge in [-0.1, -0.05) is 32.0 Å². The molecule has 0 atom stereocenters. The molecule has 0 amide bonds. The summed E-state index contributed by atoms with van der Waals surface area (Å²) in [5, 5.41) is 3.50. The maximum atomic E-state index is 3.50. The van der Waals surface area contributed by atoms with Crippen molar-refractivity contribution >= 4 is 5.69 Å². The molecule has 1 saturated heterocycles. The molecule has 2 rings (SSSR count). The minimum Gasteiger partial charge on any atom is -0.371 e. The molecule has 0 radical (unpaired) electrons. The summed E-state index contributed by atoms with van der Waals surface area (Å²) in [7, 11) is 0.